The first-order chi connectivity index (χ1) is 4.52. The number of nitrogens with one attached hydrogen (secondary N) is 1. The molecule has 0 saturated carbocycles. The van der Waals surface area contributed by atoms with Crippen LogP contribution in [-0.4, -0.2) is 18.5 Å². The Morgan fingerprint density at radius 3 is 2.70 bits per heavy atom. The molecular formula is C7H14N2O. The van der Waals surface area contributed by atoms with Crippen molar-refractivity contribution >= 4 is 5.91 Å². The van der Waals surface area contributed by atoms with Gasteiger partial charge in [0, 0.05) is 18.0 Å². The summed E-state index contributed by atoms with van der Waals surface area (Å²) in [6.07, 6.45) is 0.791. The van der Waals surface area contributed by atoms with Gasteiger partial charge in [0.05, 0.1) is 0 Å². The second-order valence-electron chi connectivity index (χ2n) is 3.56. The summed E-state index contributed by atoms with van der Waals surface area (Å²) in [6, 6.07) is 0.132. The Morgan fingerprint density at radius 1 is 1.70 bits per heavy atom. The molecule has 0 aliphatic carbocycles. The lowest BCUT2D eigenvalue weighted by atomic mass is 9.82. The highest BCUT2D eigenvalue weighted by Crippen LogP contribution is 2.24. The highest BCUT2D eigenvalue weighted by Gasteiger charge is 2.33. The van der Waals surface area contributed by atoms with Crippen LogP contribution in [0, 0.1) is 5.41 Å². The van der Waals surface area contributed by atoms with E-state index in [9.17, 15) is 4.79 Å². The molecule has 10 heavy (non-hydrogen) atoms. The number of amides is 1. The molecule has 0 spiro atoms. The molecule has 0 aromatic rings. The molecule has 1 amide bonds. The van der Waals surface area contributed by atoms with Crippen molar-refractivity contribution in [1.29, 1.82) is 0 Å². The molecule has 0 radical (unpaired) electrons. The second-order valence-corrected chi connectivity index (χ2v) is 3.56. The third-order valence-electron chi connectivity index (χ3n) is 1.91. The van der Waals surface area contributed by atoms with Crippen LogP contribution in [0.2, 0.25) is 0 Å². The first-order valence-corrected chi connectivity index (χ1v) is 3.56. The number of nitrogens with two attached hydrogens (primary N) is 1. The number of rotatable bonds is 0. The van der Waals surface area contributed by atoms with Crippen molar-refractivity contribution in [2.75, 3.05) is 6.54 Å². The maximum Gasteiger partial charge on any atom is 0.225 e. The highest BCUT2D eigenvalue weighted by atomic mass is 16.2. The highest BCUT2D eigenvalue weighted by molar-refractivity contribution is 5.82. The van der Waals surface area contributed by atoms with E-state index < -0.39 is 0 Å². The van der Waals surface area contributed by atoms with Crippen molar-refractivity contribution in [1.82, 2.24) is 5.32 Å². The van der Waals surface area contributed by atoms with Gasteiger partial charge < -0.3 is 11.1 Å². The van der Waals surface area contributed by atoms with E-state index in [1.165, 1.54) is 0 Å². The van der Waals surface area contributed by atoms with Crippen LogP contribution in [0.3, 0.4) is 0 Å². The minimum atomic E-state index is -0.266. The number of hydrogen-bond donors (Lipinski definition) is 2. The Labute approximate surface area is 61.0 Å². The summed E-state index contributed by atoms with van der Waals surface area (Å²) in [5, 5.41) is 2.76. The predicted molar refractivity (Wildman–Crippen MR) is 39.4 cm³/mol. The third kappa shape index (κ3) is 1.29. The molecule has 0 bridgehead atoms. The Balaban J connectivity index is 2.63. The first kappa shape index (κ1) is 7.54. The molecule has 1 saturated heterocycles. The summed E-state index contributed by atoms with van der Waals surface area (Å²) in [7, 11) is 0. The third-order valence-corrected chi connectivity index (χ3v) is 1.91. The van der Waals surface area contributed by atoms with Crippen LogP contribution in [0.1, 0.15) is 20.3 Å². The summed E-state index contributed by atoms with van der Waals surface area (Å²) < 4.78 is 0. The molecule has 3 nitrogen and oxygen atoms in total. The van der Waals surface area contributed by atoms with E-state index in [0.717, 1.165) is 6.42 Å². The van der Waals surface area contributed by atoms with Crippen LogP contribution in [0.15, 0.2) is 0 Å². The van der Waals surface area contributed by atoms with Crippen molar-refractivity contribution in [3.05, 3.63) is 0 Å². The van der Waals surface area contributed by atoms with Crippen LogP contribution in [-0.2, 0) is 4.79 Å². The molecule has 1 aliphatic heterocycles. The van der Waals surface area contributed by atoms with E-state index in [2.05, 4.69) is 5.32 Å². The second kappa shape index (κ2) is 2.23. The Bertz CT molecular complexity index is 154. The summed E-state index contributed by atoms with van der Waals surface area (Å²) in [6.45, 7) is 4.46. The normalized spacial score (nSPS) is 31.5. The fraction of sp³-hybridized carbons (Fsp3) is 0.857. The SMILES string of the molecule is CC1(C)CC(N)CNC1=O. The Kier molecular flexibility index (Phi) is 1.68. The van der Waals surface area contributed by atoms with E-state index in [0.29, 0.717) is 6.54 Å². The van der Waals surface area contributed by atoms with Crippen molar-refractivity contribution in [2.45, 2.75) is 26.3 Å². The fourth-order valence-corrected chi connectivity index (χ4v) is 1.28. The van der Waals surface area contributed by atoms with Crippen LogP contribution in [0.4, 0.5) is 0 Å². The van der Waals surface area contributed by atoms with E-state index in [4.69, 9.17) is 5.73 Å². The summed E-state index contributed by atoms with van der Waals surface area (Å²) in [4.78, 5) is 11.1. The van der Waals surface area contributed by atoms with Crippen molar-refractivity contribution < 1.29 is 4.79 Å². The summed E-state index contributed by atoms with van der Waals surface area (Å²) in [5.74, 6) is 0.120. The molecular weight excluding hydrogens is 128 g/mol. The van der Waals surface area contributed by atoms with Gasteiger partial charge in [-0.1, -0.05) is 13.8 Å². The monoisotopic (exact) mass is 142 g/mol. The van der Waals surface area contributed by atoms with E-state index in [-0.39, 0.29) is 17.4 Å². The van der Waals surface area contributed by atoms with Crippen LogP contribution in [0.5, 0.6) is 0 Å². The van der Waals surface area contributed by atoms with Crippen molar-refractivity contribution in [3.8, 4) is 0 Å². The van der Waals surface area contributed by atoms with Crippen LogP contribution in [0.25, 0.3) is 0 Å². The molecule has 58 valence electrons. The van der Waals surface area contributed by atoms with E-state index in [1.807, 2.05) is 13.8 Å². The largest absolute Gasteiger partial charge is 0.354 e. The number of piperidine rings is 1. The Hall–Kier alpha value is -0.570. The topological polar surface area (TPSA) is 55.1 Å². The molecule has 3 heteroatoms. The van der Waals surface area contributed by atoms with Gasteiger partial charge in [0.1, 0.15) is 0 Å². The molecule has 1 fully saturated rings. The zero-order valence-electron chi connectivity index (χ0n) is 6.48. The number of carbonyl (C=O) groups excluding carboxylic acids is 1. The van der Waals surface area contributed by atoms with Crippen LogP contribution >= 0.6 is 0 Å². The minimum Gasteiger partial charge on any atom is -0.354 e. The summed E-state index contributed by atoms with van der Waals surface area (Å²) in [5.41, 5.74) is 5.39. The van der Waals surface area contributed by atoms with Crippen LogP contribution < -0.4 is 11.1 Å². The minimum absolute atomic E-state index is 0.120. The number of hydrogen-bond acceptors (Lipinski definition) is 2. The van der Waals surface area contributed by atoms with Crippen molar-refractivity contribution in [2.24, 2.45) is 11.1 Å². The fourth-order valence-electron chi connectivity index (χ4n) is 1.28. The maximum absolute atomic E-state index is 11.1. The van der Waals surface area contributed by atoms with E-state index >= 15 is 0 Å². The van der Waals surface area contributed by atoms with E-state index in [1.54, 1.807) is 0 Å². The Morgan fingerprint density at radius 2 is 2.30 bits per heavy atom. The zero-order valence-corrected chi connectivity index (χ0v) is 6.48. The van der Waals surface area contributed by atoms with Gasteiger partial charge >= 0.3 is 0 Å². The molecule has 3 N–H and O–H groups in total. The molecule has 1 atom stereocenters. The lowest BCUT2D eigenvalue weighted by Crippen LogP contribution is -2.51. The zero-order chi connectivity index (χ0) is 7.78. The molecule has 1 rings (SSSR count). The van der Waals surface area contributed by atoms with Gasteiger partial charge in [0.15, 0.2) is 0 Å². The lowest BCUT2D eigenvalue weighted by Gasteiger charge is -2.32. The predicted octanol–water partition coefficient (Wildman–Crippen LogP) is -0.140. The van der Waals surface area contributed by atoms with Gasteiger partial charge in [-0.3, -0.25) is 4.79 Å². The molecule has 0 aromatic heterocycles. The first-order valence-electron chi connectivity index (χ1n) is 3.56. The quantitative estimate of drug-likeness (QED) is 0.494. The smallest absolute Gasteiger partial charge is 0.225 e. The molecule has 0 aromatic carbocycles. The maximum atomic E-state index is 11.1. The van der Waals surface area contributed by atoms with Gasteiger partial charge in [-0.25, -0.2) is 0 Å². The van der Waals surface area contributed by atoms with Gasteiger partial charge in [-0.05, 0) is 6.42 Å². The molecule has 1 unspecified atom stereocenters. The average molecular weight is 142 g/mol. The standard InChI is InChI=1S/C7H14N2O/c1-7(2)3-5(8)4-9-6(7)10/h5H,3-4,8H2,1-2H3,(H,9,10). The lowest BCUT2D eigenvalue weighted by molar-refractivity contribution is -0.131. The van der Waals surface area contributed by atoms with Gasteiger partial charge in [-0.2, -0.15) is 0 Å². The van der Waals surface area contributed by atoms with Gasteiger partial charge in [0.25, 0.3) is 0 Å². The van der Waals surface area contributed by atoms with Gasteiger partial charge in [0.2, 0.25) is 5.91 Å². The molecule has 1 heterocycles. The number of carbonyl (C=O) groups is 1. The van der Waals surface area contributed by atoms with Crippen molar-refractivity contribution in [3.63, 3.8) is 0 Å². The average Bonchev–Trinajstić information content (AvgIpc) is 1.78. The van der Waals surface area contributed by atoms with Gasteiger partial charge in [-0.15, -0.1) is 0 Å². The molecule has 1 aliphatic rings. The summed E-state index contributed by atoms with van der Waals surface area (Å²) >= 11 is 0.